The fourth-order valence-electron chi connectivity index (χ4n) is 1.66. The van der Waals surface area contributed by atoms with E-state index in [0.717, 1.165) is 26.2 Å². The molecule has 0 saturated carbocycles. The van der Waals surface area contributed by atoms with Crippen LogP contribution in [0.2, 0.25) is 0 Å². The summed E-state index contributed by atoms with van der Waals surface area (Å²) in [5, 5.41) is 6.73. The quantitative estimate of drug-likeness (QED) is 0.610. The molecule has 1 unspecified atom stereocenters. The zero-order valence-corrected chi connectivity index (χ0v) is 11.3. The zero-order chi connectivity index (χ0) is 13.1. The fraction of sp³-hybridized carbons (Fsp3) is 0.571. The molecule has 18 heavy (non-hydrogen) atoms. The van der Waals surface area contributed by atoms with Crippen molar-refractivity contribution in [3.8, 4) is 0 Å². The van der Waals surface area contributed by atoms with Crippen LogP contribution in [0.5, 0.6) is 0 Å². The first-order valence-electron chi connectivity index (χ1n) is 6.34. The number of benzene rings is 1. The van der Waals surface area contributed by atoms with E-state index in [9.17, 15) is 0 Å². The first-order chi connectivity index (χ1) is 8.86. The second-order valence-corrected chi connectivity index (χ2v) is 4.18. The second kappa shape index (κ2) is 10.0. The molecule has 1 aromatic rings. The standard InChI is InChI=1S/C14H24N2O2/c1-17-12-14(18-2)11-16-9-8-15-10-13-6-4-3-5-7-13/h3-7,14-16H,8-12H2,1-2H3. The summed E-state index contributed by atoms with van der Waals surface area (Å²) in [5.41, 5.74) is 1.31. The fourth-order valence-corrected chi connectivity index (χ4v) is 1.66. The van der Waals surface area contributed by atoms with Gasteiger partial charge in [-0.1, -0.05) is 30.3 Å². The summed E-state index contributed by atoms with van der Waals surface area (Å²) in [6.07, 6.45) is 0.129. The highest BCUT2D eigenvalue weighted by Crippen LogP contribution is 1.96. The van der Waals surface area contributed by atoms with Crippen LogP contribution in [0.25, 0.3) is 0 Å². The molecule has 4 heteroatoms. The molecule has 0 aliphatic heterocycles. The summed E-state index contributed by atoms with van der Waals surface area (Å²) < 4.78 is 10.3. The molecular formula is C14H24N2O2. The molecule has 0 saturated heterocycles. The molecule has 0 fully saturated rings. The first kappa shape index (κ1) is 15.1. The number of nitrogens with one attached hydrogen (secondary N) is 2. The molecule has 1 aromatic carbocycles. The number of hydrogen-bond acceptors (Lipinski definition) is 4. The molecule has 1 rings (SSSR count). The summed E-state index contributed by atoms with van der Waals surface area (Å²) in [6, 6.07) is 10.4. The molecule has 0 aliphatic carbocycles. The van der Waals surface area contributed by atoms with E-state index in [4.69, 9.17) is 9.47 Å². The van der Waals surface area contributed by atoms with Crippen molar-refractivity contribution in [2.45, 2.75) is 12.6 Å². The summed E-state index contributed by atoms with van der Waals surface area (Å²) in [7, 11) is 3.40. The molecule has 0 amide bonds. The molecule has 102 valence electrons. The first-order valence-corrected chi connectivity index (χ1v) is 6.34. The third-order valence-electron chi connectivity index (χ3n) is 2.71. The molecule has 0 aliphatic rings. The summed E-state index contributed by atoms with van der Waals surface area (Å²) in [6.45, 7) is 4.22. The van der Waals surface area contributed by atoms with E-state index in [1.807, 2.05) is 6.07 Å². The molecule has 4 nitrogen and oxygen atoms in total. The predicted octanol–water partition coefficient (Wildman–Crippen LogP) is 1.03. The average molecular weight is 252 g/mol. The Balaban J connectivity index is 1.98. The molecule has 2 N–H and O–H groups in total. The highest BCUT2D eigenvalue weighted by atomic mass is 16.5. The maximum absolute atomic E-state index is 5.26. The Kier molecular flexibility index (Phi) is 8.42. The van der Waals surface area contributed by atoms with Gasteiger partial charge in [0.2, 0.25) is 0 Å². The van der Waals surface area contributed by atoms with Crippen molar-refractivity contribution in [1.29, 1.82) is 0 Å². The topological polar surface area (TPSA) is 42.5 Å². The van der Waals surface area contributed by atoms with Crippen LogP contribution in [0, 0.1) is 0 Å². The minimum Gasteiger partial charge on any atom is -0.382 e. The minimum atomic E-state index is 0.129. The molecule has 0 radical (unpaired) electrons. The van der Waals surface area contributed by atoms with Crippen molar-refractivity contribution in [3.63, 3.8) is 0 Å². The van der Waals surface area contributed by atoms with Gasteiger partial charge in [-0.3, -0.25) is 0 Å². The van der Waals surface area contributed by atoms with E-state index in [2.05, 4.69) is 34.9 Å². The van der Waals surface area contributed by atoms with Crippen LogP contribution in [0.1, 0.15) is 5.56 Å². The Morgan fingerprint density at radius 1 is 1.06 bits per heavy atom. The minimum absolute atomic E-state index is 0.129. The SMILES string of the molecule is COCC(CNCCNCc1ccccc1)OC. The summed E-state index contributed by atoms with van der Waals surface area (Å²) in [5.74, 6) is 0. The number of methoxy groups -OCH3 is 2. The van der Waals surface area contributed by atoms with Gasteiger partial charge in [0.1, 0.15) is 0 Å². The van der Waals surface area contributed by atoms with Crippen LogP contribution in [0.4, 0.5) is 0 Å². The molecule has 1 atom stereocenters. The van der Waals surface area contributed by atoms with Crippen LogP contribution in [0.3, 0.4) is 0 Å². The third-order valence-corrected chi connectivity index (χ3v) is 2.71. The molecule has 0 spiro atoms. The lowest BCUT2D eigenvalue weighted by molar-refractivity contribution is 0.0291. The lowest BCUT2D eigenvalue weighted by Gasteiger charge is -2.15. The Hall–Kier alpha value is -0.940. The van der Waals surface area contributed by atoms with Crippen LogP contribution in [-0.2, 0) is 16.0 Å². The number of hydrogen-bond donors (Lipinski definition) is 2. The normalized spacial score (nSPS) is 12.6. The van der Waals surface area contributed by atoms with Crippen molar-refractivity contribution in [2.24, 2.45) is 0 Å². The van der Waals surface area contributed by atoms with E-state index in [-0.39, 0.29) is 6.10 Å². The Morgan fingerprint density at radius 3 is 2.44 bits per heavy atom. The highest BCUT2D eigenvalue weighted by molar-refractivity contribution is 5.14. The van der Waals surface area contributed by atoms with Gasteiger partial charge in [-0.2, -0.15) is 0 Å². The second-order valence-electron chi connectivity index (χ2n) is 4.18. The van der Waals surface area contributed by atoms with Crippen molar-refractivity contribution in [2.75, 3.05) is 40.5 Å². The van der Waals surface area contributed by atoms with Gasteiger partial charge in [0.05, 0.1) is 12.7 Å². The van der Waals surface area contributed by atoms with Crippen molar-refractivity contribution >= 4 is 0 Å². The predicted molar refractivity (Wildman–Crippen MR) is 73.7 cm³/mol. The van der Waals surface area contributed by atoms with Crippen LogP contribution in [0.15, 0.2) is 30.3 Å². The maximum atomic E-state index is 5.26. The molecule has 0 aromatic heterocycles. The van der Waals surface area contributed by atoms with E-state index in [1.165, 1.54) is 5.56 Å². The van der Waals surface area contributed by atoms with Gasteiger partial charge in [0.25, 0.3) is 0 Å². The van der Waals surface area contributed by atoms with Crippen molar-refractivity contribution in [1.82, 2.24) is 10.6 Å². The maximum Gasteiger partial charge on any atom is 0.0928 e. The smallest absolute Gasteiger partial charge is 0.0928 e. The molecular weight excluding hydrogens is 228 g/mol. The van der Waals surface area contributed by atoms with E-state index in [0.29, 0.717) is 6.61 Å². The lowest BCUT2D eigenvalue weighted by atomic mass is 10.2. The van der Waals surface area contributed by atoms with Crippen molar-refractivity contribution in [3.05, 3.63) is 35.9 Å². The van der Waals surface area contributed by atoms with Gasteiger partial charge in [-0.15, -0.1) is 0 Å². The van der Waals surface area contributed by atoms with Gasteiger partial charge in [0, 0.05) is 40.4 Å². The lowest BCUT2D eigenvalue weighted by Crippen LogP contribution is -2.35. The largest absolute Gasteiger partial charge is 0.382 e. The van der Waals surface area contributed by atoms with Crippen LogP contribution in [-0.4, -0.2) is 46.6 Å². The average Bonchev–Trinajstić information content (AvgIpc) is 2.42. The molecule has 0 bridgehead atoms. The van der Waals surface area contributed by atoms with Crippen LogP contribution < -0.4 is 10.6 Å². The van der Waals surface area contributed by atoms with E-state index >= 15 is 0 Å². The summed E-state index contributed by atoms with van der Waals surface area (Å²) >= 11 is 0. The third kappa shape index (κ3) is 6.71. The van der Waals surface area contributed by atoms with Gasteiger partial charge < -0.3 is 20.1 Å². The van der Waals surface area contributed by atoms with Gasteiger partial charge in [0.15, 0.2) is 0 Å². The van der Waals surface area contributed by atoms with E-state index in [1.54, 1.807) is 14.2 Å². The monoisotopic (exact) mass is 252 g/mol. The van der Waals surface area contributed by atoms with Gasteiger partial charge >= 0.3 is 0 Å². The number of ether oxygens (including phenoxy) is 2. The van der Waals surface area contributed by atoms with Crippen molar-refractivity contribution < 1.29 is 9.47 Å². The Morgan fingerprint density at radius 2 is 1.78 bits per heavy atom. The van der Waals surface area contributed by atoms with Gasteiger partial charge in [-0.25, -0.2) is 0 Å². The zero-order valence-electron chi connectivity index (χ0n) is 11.3. The Bertz CT molecular complexity index is 293. The summed E-state index contributed by atoms with van der Waals surface area (Å²) in [4.78, 5) is 0. The van der Waals surface area contributed by atoms with Gasteiger partial charge in [-0.05, 0) is 5.56 Å². The Labute approximate surface area is 110 Å². The highest BCUT2D eigenvalue weighted by Gasteiger charge is 2.04. The number of rotatable bonds is 10. The van der Waals surface area contributed by atoms with Crippen LogP contribution >= 0.6 is 0 Å². The van der Waals surface area contributed by atoms with E-state index < -0.39 is 0 Å². The molecule has 0 heterocycles.